The zero-order valence-electron chi connectivity index (χ0n) is 17.3. The number of carbonyl (C=O) groups excluding carboxylic acids is 1. The van der Waals surface area contributed by atoms with Crippen LogP contribution in [0.25, 0.3) is 5.82 Å². The number of imidazole rings is 1. The first-order chi connectivity index (χ1) is 14.6. The number of hydrogen-bond acceptors (Lipinski definition) is 6. The van der Waals surface area contributed by atoms with E-state index in [9.17, 15) is 4.79 Å². The lowest BCUT2D eigenvalue weighted by atomic mass is 10.0. The van der Waals surface area contributed by atoms with Crippen molar-refractivity contribution in [1.82, 2.24) is 24.8 Å². The van der Waals surface area contributed by atoms with E-state index in [0.29, 0.717) is 24.1 Å². The highest BCUT2D eigenvalue weighted by atomic mass is 16.5. The van der Waals surface area contributed by atoms with Crippen LogP contribution in [0.5, 0.6) is 5.75 Å². The summed E-state index contributed by atoms with van der Waals surface area (Å²) in [4.78, 5) is 27.9. The van der Waals surface area contributed by atoms with Gasteiger partial charge in [0, 0.05) is 31.4 Å². The largest absolute Gasteiger partial charge is 0.497 e. The lowest BCUT2D eigenvalue weighted by Crippen LogP contribution is -2.38. The molecular formula is C22H26N6O2. The first-order valence-electron chi connectivity index (χ1n) is 10.2. The summed E-state index contributed by atoms with van der Waals surface area (Å²) in [5.74, 6) is 2.12. The van der Waals surface area contributed by atoms with E-state index in [1.165, 1.54) is 19.3 Å². The fourth-order valence-corrected chi connectivity index (χ4v) is 3.69. The summed E-state index contributed by atoms with van der Waals surface area (Å²) < 4.78 is 6.96. The number of aromatic nitrogens is 4. The van der Waals surface area contributed by atoms with E-state index in [1.807, 2.05) is 30.3 Å². The number of nitrogens with zero attached hydrogens (tertiary/aromatic N) is 5. The molecule has 0 bridgehead atoms. The minimum Gasteiger partial charge on any atom is -0.497 e. The van der Waals surface area contributed by atoms with Crippen molar-refractivity contribution in [2.75, 3.05) is 18.6 Å². The van der Waals surface area contributed by atoms with Crippen molar-refractivity contribution in [2.24, 2.45) is 0 Å². The van der Waals surface area contributed by atoms with Crippen molar-refractivity contribution in [3.63, 3.8) is 0 Å². The smallest absolute Gasteiger partial charge is 0.271 e. The molecule has 2 aromatic heterocycles. The molecule has 156 valence electrons. The standard InChI is InChI=1S/C22H26N6O2/c1-16-6-3-4-9-28(16)21-11-20(24-14-25-21)27-13-19(26-15-27)22(29)23-12-17-7-5-8-18(10-17)30-2/h5,7-8,10-11,13-16H,3-4,6,9,12H2,1-2H3,(H,23,29). The fourth-order valence-electron chi connectivity index (χ4n) is 3.69. The van der Waals surface area contributed by atoms with Gasteiger partial charge in [-0.05, 0) is 43.9 Å². The second-order valence-electron chi connectivity index (χ2n) is 7.47. The Bertz CT molecular complexity index is 1020. The Morgan fingerprint density at radius 2 is 2.07 bits per heavy atom. The van der Waals surface area contributed by atoms with Gasteiger partial charge in [0.25, 0.3) is 5.91 Å². The van der Waals surface area contributed by atoms with Gasteiger partial charge >= 0.3 is 0 Å². The number of anilines is 1. The predicted octanol–water partition coefficient (Wildman–Crippen LogP) is 2.98. The summed E-state index contributed by atoms with van der Waals surface area (Å²) in [6.45, 7) is 3.62. The van der Waals surface area contributed by atoms with Crippen molar-refractivity contribution in [2.45, 2.75) is 38.8 Å². The molecule has 1 unspecified atom stereocenters. The van der Waals surface area contributed by atoms with E-state index >= 15 is 0 Å². The molecule has 1 fully saturated rings. The molecule has 3 heterocycles. The molecule has 3 aromatic rings. The monoisotopic (exact) mass is 406 g/mol. The van der Waals surface area contributed by atoms with Crippen LogP contribution in [0.2, 0.25) is 0 Å². The van der Waals surface area contributed by atoms with Crippen LogP contribution in [0.4, 0.5) is 5.82 Å². The van der Waals surface area contributed by atoms with Gasteiger partial charge in [-0.1, -0.05) is 12.1 Å². The van der Waals surface area contributed by atoms with Crippen LogP contribution in [0.15, 0.2) is 49.2 Å². The molecule has 8 nitrogen and oxygen atoms in total. The topological polar surface area (TPSA) is 85.2 Å². The summed E-state index contributed by atoms with van der Waals surface area (Å²) in [6.07, 6.45) is 8.45. The van der Waals surface area contributed by atoms with Crippen molar-refractivity contribution >= 4 is 11.7 Å². The highest BCUT2D eigenvalue weighted by molar-refractivity contribution is 5.92. The Morgan fingerprint density at radius 1 is 1.20 bits per heavy atom. The van der Waals surface area contributed by atoms with Crippen LogP contribution in [0.3, 0.4) is 0 Å². The molecule has 0 spiro atoms. The molecule has 4 rings (SSSR count). The number of benzene rings is 1. The molecule has 30 heavy (non-hydrogen) atoms. The summed E-state index contributed by atoms with van der Waals surface area (Å²) in [6, 6.07) is 10.00. The number of methoxy groups -OCH3 is 1. The number of carbonyl (C=O) groups is 1. The van der Waals surface area contributed by atoms with Crippen molar-refractivity contribution < 1.29 is 9.53 Å². The first-order valence-corrected chi connectivity index (χ1v) is 10.2. The second-order valence-corrected chi connectivity index (χ2v) is 7.47. The second kappa shape index (κ2) is 8.94. The Morgan fingerprint density at radius 3 is 2.90 bits per heavy atom. The zero-order chi connectivity index (χ0) is 20.9. The number of piperidine rings is 1. The average Bonchev–Trinajstić information content (AvgIpc) is 3.28. The summed E-state index contributed by atoms with van der Waals surface area (Å²) in [5, 5.41) is 2.89. The lowest BCUT2D eigenvalue weighted by Gasteiger charge is -2.34. The first kappa shape index (κ1) is 19.9. The third-order valence-electron chi connectivity index (χ3n) is 5.40. The molecule has 1 amide bonds. The number of ether oxygens (including phenoxy) is 1. The Hall–Kier alpha value is -3.42. The molecule has 0 aliphatic carbocycles. The van der Waals surface area contributed by atoms with E-state index in [-0.39, 0.29) is 5.91 Å². The lowest BCUT2D eigenvalue weighted by molar-refractivity contribution is 0.0946. The Kier molecular flexibility index (Phi) is 5.92. The Balaban J connectivity index is 1.44. The average molecular weight is 406 g/mol. The molecular weight excluding hydrogens is 380 g/mol. The molecule has 0 saturated carbocycles. The van der Waals surface area contributed by atoms with Crippen LogP contribution in [0.1, 0.15) is 42.2 Å². The van der Waals surface area contributed by atoms with Gasteiger partial charge in [0.05, 0.1) is 7.11 Å². The molecule has 1 saturated heterocycles. The number of nitrogens with one attached hydrogen (secondary N) is 1. The van der Waals surface area contributed by atoms with E-state index in [1.54, 1.807) is 30.5 Å². The van der Waals surface area contributed by atoms with E-state index in [0.717, 1.165) is 23.7 Å². The molecule has 1 N–H and O–H groups in total. The summed E-state index contributed by atoms with van der Waals surface area (Å²) in [5.41, 5.74) is 1.29. The van der Waals surface area contributed by atoms with Crippen LogP contribution in [-0.4, -0.2) is 45.1 Å². The third kappa shape index (κ3) is 4.42. The third-order valence-corrected chi connectivity index (χ3v) is 5.40. The van der Waals surface area contributed by atoms with Gasteiger partial charge in [-0.2, -0.15) is 0 Å². The van der Waals surface area contributed by atoms with Crippen LogP contribution in [0, 0.1) is 0 Å². The highest BCUT2D eigenvalue weighted by Crippen LogP contribution is 2.23. The molecule has 8 heteroatoms. The number of rotatable bonds is 6. The predicted molar refractivity (Wildman–Crippen MR) is 114 cm³/mol. The van der Waals surface area contributed by atoms with Gasteiger partial charge in [0.15, 0.2) is 0 Å². The van der Waals surface area contributed by atoms with Crippen molar-refractivity contribution in [3.05, 3.63) is 60.4 Å². The molecule has 1 aliphatic heterocycles. The Labute approximate surface area is 175 Å². The SMILES string of the molecule is COc1cccc(CNC(=O)c2cn(-c3cc(N4CCCCC4C)ncn3)cn2)c1. The van der Waals surface area contributed by atoms with Gasteiger partial charge < -0.3 is 15.0 Å². The summed E-state index contributed by atoms with van der Waals surface area (Å²) in [7, 11) is 1.62. The normalized spacial score (nSPS) is 16.3. The summed E-state index contributed by atoms with van der Waals surface area (Å²) >= 11 is 0. The van der Waals surface area contributed by atoms with Gasteiger partial charge in [0.1, 0.15) is 35.7 Å². The highest BCUT2D eigenvalue weighted by Gasteiger charge is 2.20. The van der Waals surface area contributed by atoms with Crippen LogP contribution < -0.4 is 15.0 Å². The quantitative estimate of drug-likeness (QED) is 0.677. The van der Waals surface area contributed by atoms with Crippen molar-refractivity contribution in [1.29, 1.82) is 0 Å². The van der Waals surface area contributed by atoms with E-state index < -0.39 is 0 Å². The molecule has 1 aromatic carbocycles. The van der Waals surface area contributed by atoms with E-state index in [2.05, 4.69) is 32.1 Å². The molecule has 1 atom stereocenters. The molecule has 1 aliphatic rings. The van der Waals surface area contributed by atoms with Crippen LogP contribution >= 0.6 is 0 Å². The minimum atomic E-state index is -0.240. The van der Waals surface area contributed by atoms with Gasteiger partial charge in [-0.15, -0.1) is 0 Å². The number of amides is 1. The molecule has 0 radical (unpaired) electrons. The minimum absolute atomic E-state index is 0.240. The van der Waals surface area contributed by atoms with Gasteiger partial charge in [-0.25, -0.2) is 15.0 Å². The van der Waals surface area contributed by atoms with Gasteiger partial charge in [0.2, 0.25) is 0 Å². The maximum atomic E-state index is 12.5. The van der Waals surface area contributed by atoms with E-state index in [4.69, 9.17) is 4.74 Å². The van der Waals surface area contributed by atoms with Gasteiger partial charge in [-0.3, -0.25) is 9.36 Å². The number of hydrogen-bond donors (Lipinski definition) is 1. The zero-order valence-corrected chi connectivity index (χ0v) is 17.3. The maximum Gasteiger partial charge on any atom is 0.271 e. The fraction of sp³-hybridized carbons (Fsp3) is 0.364. The maximum absolute atomic E-state index is 12.5. The van der Waals surface area contributed by atoms with Crippen LogP contribution in [-0.2, 0) is 6.54 Å². The van der Waals surface area contributed by atoms with Crippen molar-refractivity contribution in [3.8, 4) is 11.6 Å².